The van der Waals surface area contributed by atoms with Gasteiger partial charge in [-0.25, -0.2) is 0 Å². The number of carbonyl (C=O) groups excluding carboxylic acids is 1. The van der Waals surface area contributed by atoms with E-state index in [2.05, 4.69) is 41.2 Å². The molecule has 21 heavy (non-hydrogen) atoms. The summed E-state index contributed by atoms with van der Waals surface area (Å²) in [6.45, 7) is 0.200. The van der Waals surface area contributed by atoms with Crippen LogP contribution >= 0.6 is 11.8 Å². The van der Waals surface area contributed by atoms with Crippen molar-refractivity contribution in [3.05, 3.63) is 54.1 Å². The number of aliphatic hydroxyl groups excluding tert-OH is 1. The first-order valence-corrected chi connectivity index (χ1v) is 7.81. The van der Waals surface area contributed by atoms with Crippen LogP contribution in [0.2, 0.25) is 0 Å². The predicted molar refractivity (Wildman–Crippen MR) is 87.7 cm³/mol. The Morgan fingerprint density at radius 2 is 1.86 bits per heavy atom. The number of benzene rings is 2. The van der Waals surface area contributed by atoms with Crippen molar-refractivity contribution in [3.63, 3.8) is 0 Å². The molecule has 0 spiro atoms. The lowest BCUT2D eigenvalue weighted by Crippen LogP contribution is -2.15. The van der Waals surface area contributed by atoms with Gasteiger partial charge in [-0.15, -0.1) is 11.8 Å². The molecule has 0 fully saturated rings. The Bertz CT molecular complexity index is 599. The minimum absolute atomic E-state index is 0.417. The van der Waals surface area contributed by atoms with Crippen LogP contribution in [0.4, 0.5) is 11.4 Å². The van der Waals surface area contributed by atoms with E-state index in [1.54, 1.807) is 17.8 Å². The van der Waals surface area contributed by atoms with Gasteiger partial charge in [-0.2, -0.15) is 0 Å². The highest BCUT2D eigenvalue weighted by Crippen LogP contribution is 2.18. The number of hydrogen-bond acceptors (Lipinski definition) is 4. The summed E-state index contributed by atoms with van der Waals surface area (Å²) >= 11 is 1.72. The Kier molecular flexibility index (Phi) is 5.66. The number of aliphatic hydroxyl groups is 1. The number of rotatable bonds is 6. The molecule has 0 aliphatic carbocycles. The molecule has 110 valence electrons. The normalized spacial score (nSPS) is 10.2. The Labute approximate surface area is 128 Å². The standard InChI is InChI=1S/C16H18N2O2S/c1-21-15-7-5-12(6-8-15)10-17-13-3-2-4-14(9-13)18-16(20)11-19/h2-9,17,19H,10-11H2,1H3,(H,18,20). The number of anilines is 2. The molecule has 2 aromatic carbocycles. The zero-order valence-electron chi connectivity index (χ0n) is 11.8. The topological polar surface area (TPSA) is 61.4 Å². The van der Waals surface area contributed by atoms with Gasteiger partial charge in [0.15, 0.2) is 0 Å². The minimum atomic E-state index is -0.514. The summed E-state index contributed by atoms with van der Waals surface area (Å²) in [5.41, 5.74) is 2.77. The van der Waals surface area contributed by atoms with Crippen LogP contribution in [0.15, 0.2) is 53.4 Å². The summed E-state index contributed by atoms with van der Waals surface area (Å²) < 4.78 is 0. The van der Waals surface area contributed by atoms with E-state index in [1.165, 1.54) is 10.5 Å². The number of amides is 1. The zero-order valence-corrected chi connectivity index (χ0v) is 12.6. The van der Waals surface area contributed by atoms with Crippen molar-refractivity contribution in [2.24, 2.45) is 0 Å². The molecule has 4 nitrogen and oxygen atoms in total. The van der Waals surface area contributed by atoms with Gasteiger partial charge in [0.05, 0.1) is 0 Å². The van der Waals surface area contributed by atoms with Crippen molar-refractivity contribution >= 4 is 29.0 Å². The smallest absolute Gasteiger partial charge is 0.250 e. The van der Waals surface area contributed by atoms with Crippen LogP contribution in [0.25, 0.3) is 0 Å². The van der Waals surface area contributed by atoms with Crippen molar-refractivity contribution in [2.75, 3.05) is 23.5 Å². The van der Waals surface area contributed by atoms with Crippen LogP contribution in [-0.4, -0.2) is 23.9 Å². The summed E-state index contributed by atoms with van der Waals surface area (Å²) in [5, 5.41) is 14.7. The minimum Gasteiger partial charge on any atom is -0.387 e. The van der Waals surface area contributed by atoms with Gasteiger partial charge in [0.1, 0.15) is 6.61 Å². The van der Waals surface area contributed by atoms with E-state index in [-0.39, 0.29) is 0 Å². The van der Waals surface area contributed by atoms with Crippen LogP contribution in [0.3, 0.4) is 0 Å². The molecular weight excluding hydrogens is 284 g/mol. The van der Waals surface area contributed by atoms with E-state index in [9.17, 15) is 4.79 Å². The summed E-state index contributed by atoms with van der Waals surface area (Å²) in [7, 11) is 0. The van der Waals surface area contributed by atoms with E-state index >= 15 is 0 Å². The molecular formula is C16H18N2O2S. The van der Waals surface area contributed by atoms with E-state index in [0.717, 1.165) is 5.69 Å². The Morgan fingerprint density at radius 3 is 2.52 bits per heavy atom. The molecule has 5 heteroatoms. The number of carbonyl (C=O) groups is 1. The van der Waals surface area contributed by atoms with Crippen molar-refractivity contribution in [1.82, 2.24) is 0 Å². The van der Waals surface area contributed by atoms with Gasteiger partial charge in [0.2, 0.25) is 5.91 Å². The molecule has 0 aliphatic heterocycles. The lowest BCUT2D eigenvalue weighted by molar-refractivity contribution is -0.118. The van der Waals surface area contributed by atoms with Crippen LogP contribution in [0.1, 0.15) is 5.56 Å². The van der Waals surface area contributed by atoms with Gasteiger partial charge < -0.3 is 15.7 Å². The quantitative estimate of drug-likeness (QED) is 0.718. The van der Waals surface area contributed by atoms with Crippen molar-refractivity contribution in [1.29, 1.82) is 0 Å². The van der Waals surface area contributed by atoms with Gasteiger partial charge in [-0.3, -0.25) is 4.79 Å². The van der Waals surface area contributed by atoms with Gasteiger partial charge in [0.25, 0.3) is 0 Å². The molecule has 0 aliphatic rings. The van der Waals surface area contributed by atoms with Gasteiger partial charge in [-0.05, 0) is 42.2 Å². The first-order chi connectivity index (χ1) is 10.2. The van der Waals surface area contributed by atoms with Gasteiger partial charge in [0, 0.05) is 22.8 Å². The average Bonchev–Trinajstić information content (AvgIpc) is 2.53. The van der Waals surface area contributed by atoms with E-state index in [4.69, 9.17) is 5.11 Å². The third-order valence-corrected chi connectivity index (χ3v) is 3.69. The molecule has 2 rings (SSSR count). The maximum atomic E-state index is 11.1. The van der Waals surface area contributed by atoms with E-state index in [1.807, 2.05) is 18.2 Å². The fourth-order valence-corrected chi connectivity index (χ4v) is 2.26. The summed E-state index contributed by atoms with van der Waals surface area (Å²) in [6.07, 6.45) is 2.05. The van der Waals surface area contributed by atoms with Crippen LogP contribution in [0, 0.1) is 0 Å². The molecule has 0 bridgehead atoms. The van der Waals surface area contributed by atoms with Crippen LogP contribution in [-0.2, 0) is 11.3 Å². The van der Waals surface area contributed by atoms with Crippen LogP contribution in [0.5, 0.6) is 0 Å². The molecule has 0 saturated carbocycles. The fraction of sp³-hybridized carbons (Fsp3) is 0.188. The molecule has 0 atom stereocenters. The van der Waals surface area contributed by atoms with Gasteiger partial charge in [-0.1, -0.05) is 18.2 Å². The van der Waals surface area contributed by atoms with Crippen LogP contribution < -0.4 is 10.6 Å². The summed E-state index contributed by atoms with van der Waals surface area (Å²) in [6, 6.07) is 15.8. The average molecular weight is 302 g/mol. The number of hydrogen-bond donors (Lipinski definition) is 3. The van der Waals surface area contributed by atoms with Crippen molar-refractivity contribution < 1.29 is 9.90 Å². The largest absolute Gasteiger partial charge is 0.387 e. The molecule has 0 radical (unpaired) electrons. The fourth-order valence-electron chi connectivity index (χ4n) is 1.85. The van der Waals surface area contributed by atoms with Crippen molar-refractivity contribution in [3.8, 4) is 0 Å². The third kappa shape index (κ3) is 4.81. The first kappa shape index (κ1) is 15.4. The molecule has 0 saturated heterocycles. The van der Waals surface area contributed by atoms with Gasteiger partial charge >= 0.3 is 0 Å². The molecule has 0 unspecified atom stereocenters. The van der Waals surface area contributed by atoms with Crippen molar-refractivity contribution in [2.45, 2.75) is 11.4 Å². The molecule has 1 amide bonds. The second kappa shape index (κ2) is 7.71. The SMILES string of the molecule is CSc1ccc(CNc2cccc(NC(=O)CO)c2)cc1. The molecule has 3 N–H and O–H groups in total. The highest BCUT2D eigenvalue weighted by molar-refractivity contribution is 7.98. The Morgan fingerprint density at radius 1 is 1.14 bits per heavy atom. The predicted octanol–water partition coefficient (Wildman–Crippen LogP) is 2.95. The Hall–Kier alpha value is -1.98. The monoisotopic (exact) mass is 302 g/mol. The lowest BCUT2D eigenvalue weighted by atomic mass is 10.2. The zero-order chi connectivity index (χ0) is 15.1. The second-order valence-electron chi connectivity index (χ2n) is 4.49. The van der Waals surface area contributed by atoms with E-state index in [0.29, 0.717) is 12.2 Å². The third-order valence-electron chi connectivity index (χ3n) is 2.95. The maximum Gasteiger partial charge on any atom is 0.250 e. The Balaban J connectivity index is 1.96. The highest BCUT2D eigenvalue weighted by Gasteiger charge is 2.01. The molecule has 0 heterocycles. The highest BCUT2D eigenvalue weighted by atomic mass is 32.2. The van der Waals surface area contributed by atoms with E-state index < -0.39 is 12.5 Å². The summed E-state index contributed by atoms with van der Waals surface area (Å²) in [5.74, 6) is -0.417. The molecule has 0 aromatic heterocycles. The number of thioether (sulfide) groups is 1. The summed E-state index contributed by atoms with van der Waals surface area (Å²) in [4.78, 5) is 12.4. The lowest BCUT2D eigenvalue weighted by Gasteiger charge is -2.09. The maximum absolute atomic E-state index is 11.1. The number of nitrogens with one attached hydrogen (secondary N) is 2. The second-order valence-corrected chi connectivity index (χ2v) is 5.37. The molecule has 2 aromatic rings. The first-order valence-electron chi connectivity index (χ1n) is 6.59.